The second kappa shape index (κ2) is 6.11. The van der Waals surface area contributed by atoms with Crippen LogP contribution in [0.5, 0.6) is 0 Å². The van der Waals surface area contributed by atoms with Crippen molar-refractivity contribution in [1.82, 2.24) is 4.31 Å². The Balaban J connectivity index is 2.44. The zero-order valence-electron chi connectivity index (χ0n) is 10.5. The number of sulfonamides is 1. The Hall–Kier alpha value is 0.530. The third-order valence-electron chi connectivity index (χ3n) is 3.41. The van der Waals surface area contributed by atoms with Crippen molar-refractivity contribution in [2.45, 2.75) is 43.2 Å². The summed E-state index contributed by atoms with van der Waals surface area (Å²) in [7, 11) is -3.50. The van der Waals surface area contributed by atoms with Crippen molar-refractivity contribution in [3.63, 3.8) is 0 Å². The molecule has 1 aromatic heterocycles. The first-order valence-electron chi connectivity index (χ1n) is 6.06. The van der Waals surface area contributed by atoms with E-state index in [1.807, 2.05) is 6.92 Å². The van der Waals surface area contributed by atoms with Gasteiger partial charge in [-0.1, -0.05) is 6.42 Å². The number of piperidine rings is 1. The van der Waals surface area contributed by atoms with Gasteiger partial charge in [-0.05, 0) is 57.7 Å². The van der Waals surface area contributed by atoms with E-state index in [4.69, 9.17) is 5.73 Å². The predicted octanol–water partition coefficient (Wildman–Crippen LogP) is 3.16. The van der Waals surface area contributed by atoms with Gasteiger partial charge in [0.05, 0.1) is 7.57 Å². The van der Waals surface area contributed by atoms with E-state index in [0.29, 0.717) is 15.2 Å². The van der Waals surface area contributed by atoms with Gasteiger partial charge in [0.1, 0.15) is 4.90 Å². The van der Waals surface area contributed by atoms with Gasteiger partial charge in [0, 0.05) is 18.6 Å². The number of nitrogens with zero attached hydrogens (tertiary/aromatic N) is 1. The molecular formula is C11H16Br2N2O2S2. The molecule has 4 nitrogen and oxygen atoms in total. The summed E-state index contributed by atoms with van der Waals surface area (Å²) in [5, 5.41) is 0. The average Bonchev–Trinajstić information content (AvgIpc) is 2.68. The van der Waals surface area contributed by atoms with Crippen molar-refractivity contribution in [3.8, 4) is 0 Å². The highest BCUT2D eigenvalue weighted by Crippen LogP contribution is 2.38. The number of hydrogen-bond donors (Lipinski definition) is 1. The molecule has 1 aliphatic rings. The minimum atomic E-state index is -3.50. The molecule has 0 amide bonds. The summed E-state index contributed by atoms with van der Waals surface area (Å²) >= 11 is 8.03. The Morgan fingerprint density at radius 3 is 2.68 bits per heavy atom. The van der Waals surface area contributed by atoms with E-state index >= 15 is 0 Å². The van der Waals surface area contributed by atoms with Gasteiger partial charge in [-0.2, -0.15) is 4.31 Å². The fourth-order valence-electron chi connectivity index (χ4n) is 2.53. The average molecular weight is 432 g/mol. The van der Waals surface area contributed by atoms with Gasteiger partial charge < -0.3 is 5.73 Å². The SMILES string of the molecule is CC1CCCC(CN)N1S(=O)(=O)c1cc(Br)sc1Br. The molecule has 2 atom stereocenters. The first kappa shape index (κ1) is 15.9. The zero-order valence-corrected chi connectivity index (χ0v) is 15.3. The van der Waals surface area contributed by atoms with Crippen LogP contribution in [0, 0.1) is 0 Å². The molecule has 0 saturated carbocycles. The van der Waals surface area contributed by atoms with Crippen molar-refractivity contribution in [2.75, 3.05) is 6.54 Å². The molecule has 2 N–H and O–H groups in total. The molecule has 1 saturated heterocycles. The van der Waals surface area contributed by atoms with E-state index in [9.17, 15) is 8.42 Å². The van der Waals surface area contributed by atoms with Gasteiger partial charge in [-0.25, -0.2) is 8.42 Å². The maximum atomic E-state index is 12.8. The number of rotatable bonds is 3. The van der Waals surface area contributed by atoms with Gasteiger partial charge >= 0.3 is 0 Å². The molecule has 0 aromatic carbocycles. The summed E-state index contributed by atoms with van der Waals surface area (Å²) in [6.45, 7) is 2.32. The van der Waals surface area contributed by atoms with Crippen LogP contribution in [0.15, 0.2) is 18.5 Å². The highest BCUT2D eigenvalue weighted by molar-refractivity contribution is 9.12. The van der Waals surface area contributed by atoms with E-state index in [0.717, 1.165) is 23.0 Å². The molecule has 0 aliphatic carbocycles. The molecule has 1 aliphatic heterocycles. The van der Waals surface area contributed by atoms with E-state index in [1.54, 1.807) is 10.4 Å². The van der Waals surface area contributed by atoms with Crippen molar-refractivity contribution >= 4 is 53.2 Å². The van der Waals surface area contributed by atoms with Crippen LogP contribution in [0.4, 0.5) is 0 Å². The van der Waals surface area contributed by atoms with Crippen LogP contribution in [0.25, 0.3) is 0 Å². The van der Waals surface area contributed by atoms with Crippen molar-refractivity contribution in [1.29, 1.82) is 0 Å². The van der Waals surface area contributed by atoms with Gasteiger partial charge in [-0.15, -0.1) is 11.3 Å². The molecule has 2 unspecified atom stereocenters. The van der Waals surface area contributed by atoms with Crippen LogP contribution in [0.1, 0.15) is 26.2 Å². The molecular weight excluding hydrogens is 416 g/mol. The first-order chi connectivity index (χ1) is 8.87. The fraction of sp³-hybridized carbons (Fsp3) is 0.636. The summed E-state index contributed by atoms with van der Waals surface area (Å²) in [6, 6.07) is 1.55. The van der Waals surface area contributed by atoms with Gasteiger partial charge in [0.15, 0.2) is 0 Å². The minimum Gasteiger partial charge on any atom is -0.329 e. The van der Waals surface area contributed by atoms with Crippen molar-refractivity contribution in [3.05, 3.63) is 13.6 Å². The molecule has 19 heavy (non-hydrogen) atoms. The smallest absolute Gasteiger partial charge is 0.245 e. The Morgan fingerprint density at radius 2 is 2.16 bits per heavy atom. The second-order valence-electron chi connectivity index (χ2n) is 4.69. The quantitative estimate of drug-likeness (QED) is 0.799. The van der Waals surface area contributed by atoms with Crippen molar-refractivity contribution in [2.24, 2.45) is 5.73 Å². The highest BCUT2D eigenvalue weighted by atomic mass is 79.9. The molecule has 1 fully saturated rings. The lowest BCUT2D eigenvalue weighted by molar-refractivity contribution is 0.196. The normalized spacial score (nSPS) is 25.7. The molecule has 0 spiro atoms. The van der Waals surface area contributed by atoms with Crippen molar-refractivity contribution < 1.29 is 8.42 Å². The lowest BCUT2D eigenvalue weighted by atomic mass is 10.00. The predicted molar refractivity (Wildman–Crippen MR) is 84.9 cm³/mol. The second-order valence-corrected chi connectivity index (χ2v) is 10.3. The molecule has 1 aromatic rings. The number of nitrogens with two attached hydrogens (primary N) is 1. The Bertz CT molecular complexity index is 559. The number of hydrogen-bond acceptors (Lipinski definition) is 4. The maximum Gasteiger partial charge on any atom is 0.245 e. The maximum absolute atomic E-state index is 12.8. The summed E-state index contributed by atoms with van der Waals surface area (Å²) in [4.78, 5) is 0.330. The molecule has 0 radical (unpaired) electrons. The highest BCUT2D eigenvalue weighted by Gasteiger charge is 2.38. The fourth-order valence-corrected chi connectivity index (χ4v) is 8.18. The summed E-state index contributed by atoms with van der Waals surface area (Å²) < 4.78 is 28.7. The van der Waals surface area contributed by atoms with Crippen LogP contribution in [-0.2, 0) is 10.0 Å². The number of thiophene rings is 1. The summed E-state index contributed by atoms with van der Waals surface area (Å²) in [5.74, 6) is 0. The van der Waals surface area contributed by atoms with Crippen LogP contribution in [0.3, 0.4) is 0 Å². The topological polar surface area (TPSA) is 63.4 Å². The summed E-state index contributed by atoms with van der Waals surface area (Å²) in [5.41, 5.74) is 5.75. The van der Waals surface area contributed by atoms with E-state index in [1.165, 1.54) is 11.3 Å². The van der Waals surface area contributed by atoms with Gasteiger partial charge in [-0.3, -0.25) is 0 Å². The minimum absolute atomic E-state index is 0.00197. The number of halogens is 2. The van der Waals surface area contributed by atoms with Gasteiger partial charge in [0.25, 0.3) is 0 Å². The van der Waals surface area contributed by atoms with Crippen LogP contribution in [-0.4, -0.2) is 31.4 Å². The van der Waals surface area contributed by atoms with Crippen LogP contribution < -0.4 is 5.73 Å². The molecule has 108 valence electrons. The largest absolute Gasteiger partial charge is 0.329 e. The Morgan fingerprint density at radius 1 is 1.47 bits per heavy atom. The molecule has 0 bridgehead atoms. The summed E-state index contributed by atoms with van der Waals surface area (Å²) in [6.07, 6.45) is 2.76. The van der Waals surface area contributed by atoms with E-state index in [-0.39, 0.29) is 12.1 Å². The lowest BCUT2D eigenvalue weighted by Gasteiger charge is -2.38. The lowest BCUT2D eigenvalue weighted by Crippen LogP contribution is -2.51. The Kier molecular flexibility index (Phi) is 5.12. The Labute approximate surface area is 134 Å². The third-order valence-corrected chi connectivity index (χ3v) is 8.23. The van der Waals surface area contributed by atoms with E-state index < -0.39 is 10.0 Å². The standard InChI is InChI=1S/C11H16Br2N2O2S2/c1-7-3-2-4-8(6-14)15(7)19(16,17)9-5-10(12)18-11(9)13/h5,7-8H,2-4,6,14H2,1H3. The molecule has 2 rings (SSSR count). The third kappa shape index (κ3) is 3.08. The van der Waals surface area contributed by atoms with Crippen LogP contribution in [0.2, 0.25) is 0 Å². The zero-order chi connectivity index (χ0) is 14.2. The van der Waals surface area contributed by atoms with E-state index in [2.05, 4.69) is 31.9 Å². The molecule has 8 heteroatoms. The molecule has 2 heterocycles. The van der Waals surface area contributed by atoms with Gasteiger partial charge in [0.2, 0.25) is 10.0 Å². The van der Waals surface area contributed by atoms with Crippen LogP contribution >= 0.6 is 43.2 Å². The first-order valence-corrected chi connectivity index (χ1v) is 9.90. The monoisotopic (exact) mass is 430 g/mol.